The molecular weight excluding hydrogens is 148 g/mol. The maximum Gasteiger partial charge on any atom is 0.0467 e. The predicted molar refractivity (Wildman–Crippen MR) is 56.5 cm³/mol. The third-order valence-corrected chi connectivity index (χ3v) is 2.62. The van der Waals surface area contributed by atoms with E-state index in [1.54, 1.807) is 7.11 Å². The first-order valence-electron chi connectivity index (χ1n) is 5.17. The van der Waals surface area contributed by atoms with E-state index in [-0.39, 0.29) is 0 Å². The Morgan fingerprint density at radius 1 is 1.08 bits per heavy atom. The minimum absolute atomic E-state index is 0.510. The molecule has 0 bridgehead atoms. The number of rotatable bonds is 5. The summed E-state index contributed by atoms with van der Waals surface area (Å²) < 4.78 is 5.04. The highest BCUT2D eigenvalue weighted by atomic mass is 16.5. The lowest BCUT2D eigenvalue weighted by Crippen LogP contribution is -2.15. The zero-order valence-electron chi connectivity index (χ0n) is 9.74. The fraction of sp³-hybridized carbons (Fsp3) is 1.00. The van der Waals surface area contributed by atoms with Crippen LogP contribution >= 0.6 is 0 Å². The number of methoxy groups -OCH3 is 1. The fourth-order valence-corrected chi connectivity index (χ4v) is 0.952. The molecule has 76 valence electrons. The van der Waals surface area contributed by atoms with Gasteiger partial charge in [0.05, 0.1) is 0 Å². The van der Waals surface area contributed by atoms with Gasteiger partial charge >= 0.3 is 0 Å². The van der Waals surface area contributed by atoms with Gasteiger partial charge in [-0.15, -0.1) is 0 Å². The Bertz CT molecular complexity index is 75.1. The van der Waals surface area contributed by atoms with Crippen LogP contribution < -0.4 is 0 Å². The summed E-state index contributed by atoms with van der Waals surface area (Å²) in [7, 11) is 1.77. The molecular formula is C11H26O. The van der Waals surface area contributed by atoms with Gasteiger partial charge in [0.2, 0.25) is 0 Å². The van der Waals surface area contributed by atoms with Crippen LogP contribution in [0, 0.1) is 5.41 Å². The van der Waals surface area contributed by atoms with Crippen LogP contribution in [0.3, 0.4) is 0 Å². The second kappa shape index (κ2) is 9.05. The third kappa shape index (κ3) is 6.66. The number of hydrogen-bond acceptors (Lipinski definition) is 1. The SMILES string of the molecule is CC.CCC(C)(CC)CCOC. The van der Waals surface area contributed by atoms with Gasteiger partial charge in [-0.3, -0.25) is 0 Å². The lowest BCUT2D eigenvalue weighted by atomic mass is 9.82. The molecule has 0 N–H and O–H groups in total. The first kappa shape index (κ1) is 14.5. The van der Waals surface area contributed by atoms with E-state index in [1.165, 1.54) is 19.3 Å². The van der Waals surface area contributed by atoms with E-state index in [4.69, 9.17) is 4.74 Å². The van der Waals surface area contributed by atoms with Crippen LogP contribution in [0.4, 0.5) is 0 Å². The minimum atomic E-state index is 0.510. The standard InChI is InChI=1S/C9H20O.C2H6/c1-5-9(3,6-2)7-8-10-4;1-2/h5-8H2,1-4H3;1-2H3. The van der Waals surface area contributed by atoms with Gasteiger partial charge in [-0.05, 0) is 11.8 Å². The molecule has 0 rings (SSSR count). The summed E-state index contributed by atoms with van der Waals surface area (Å²) >= 11 is 0. The van der Waals surface area contributed by atoms with Crippen molar-refractivity contribution in [2.45, 2.75) is 53.9 Å². The van der Waals surface area contributed by atoms with Crippen molar-refractivity contribution in [3.63, 3.8) is 0 Å². The van der Waals surface area contributed by atoms with E-state index >= 15 is 0 Å². The van der Waals surface area contributed by atoms with Crippen molar-refractivity contribution in [1.29, 1.82) is 0 Å². The summed E-state index contributed by atoms with van der Waals surface area (Å²) in [6.45, 7) is 11.7. The molecule has 0 aliphatic rings. The molecule has 0 saturated carbocycles. The molecule has 0 atom stereocenters. The van der Waals surface area contributed by atoms with Gasteiger partial charge in [-0.25, -0.2) is 0 Å². The van der Waals surface area contributed by atoms with Crippen molar-refractivity contribution in [3.05, 3.63) is 0 Å². The second-order valence-electron chi connectivity index (χ2n) is 3.26. The Kier molecular flexibility index (Phi) is 10.9. The van der Waals surface area contributed by atoms with Crippen LogP contribution in [0.15, 0.2) is 0 Å². The summed E-state index contributed by atoms with van der Waals surface area (Å²) in [4.78, 5) is 0. The molecule has 0 saturated heterocycles. The van der Waals surface area contributed by atoms with Crippen molar-refractivity contribution in [2.24, 2.45) is 5.41 Å². The van der Waals surface area contributed by atoms with Gasteiger partial charge in [0.25, 0.3) is 0 Å². The van der Waals surface area contributed by atoms with Crippen molar-refractivity contribution in [3.8, 4) is 0 Å². The Hall–Kier alpha value is -0.0400. The van der Waals surface area contributed by atoms with Gasteiger partial charge in [-0.2, -0.15) is 0 Å². The highest BCUT2D eigenvalue weighted by Crippen LogP contribution is 2.28. The molecule has 0 amide bonds. The van der Waals surface area contributed by atoms with Crippen LogP contribution in [0.2, 0.25) is 0 Å². The van der Waals surface area contributed by atoms with Gasteiger partial charge in [-0.1, -0.05) is 47.5 Å². The van der Waals surface area contributed by atoms with E-state index in [0.29, 0.717) is 5.41 Å². The van der Waals surface area contributed by atoms with E-state index in [0.717, 1.165) is 6.61 Å². The molecule has 0 aromatic carbocycles. The van der Waals surface area contributed by atoms with Gasteiger partial charge in [0, 0.05) is 13.7 Å². The molecule has 12 heavy (non-hydrogen) atoms. The summed E-state index contributed by atoms with van der Waals surface area (Å²) in [5, 5.41) is 0. The molecule has 0 spiro atoms. The van der Waals surface area contributed by atoms with Crippen molar-refractivity contribution in [1.82, 2.24) is 0 Å². The topological polar surface area (TPSA) is 9.23 Å². The summed E-state index contributed by atoms with van der Waals surface area (Å²) in [6, 6.07) is 0. The summed E-state index contributed by atoms with van der Waals surface area (Å²) in [5.41, 5.74) is 0.510. The van der Waals surface area contributed by atoms with Crippen LogP contribution in [0.25, 0.3) is 0 Å². The van der Waals surface area contributed by atoms with Gasteiger partial charge in [0.15, 0.2) is 0 Å². The van der Waals surface area contributed by atoms with Crippen LogP contribution in [-0.4, -0.2) is 13.7 Å². The minimum Gasteiger partial charge on any atom is -0.385 e. The molecule has 0 aliphatic heterocycles. The predicted octanol–water partition coefficient (Wildman–Crippen LogP) is 3.88. The summed E-state index contributed by atoms with van der Waals surface area (Å²) in [5.74, 6) is 0. The number of ether oxygens (including phenoxy) is 1. The largest absolute Gasteiger partial charge is 0.385 e. The lowest BCUT2D eigenvalue weighted by molar-refractivity contribution is 0.138. The molecule has 0 aromatic rings. The third-order valence-electron chi connectivity index (χ3n) is 2.62. The van der Waals surface area contributed by atoms with Crippen LogP contribution in [0.5, 0.6) is 0 Å². The Morgan fingerprint density at radius 3 is 1.75 bits per heavy atom. The van der Waals surface area contributed by atoms with Gasteiger partial charge < -0.3 is 4.74 Å². The van der Waals surface area contributed by atoms with E-state index in [1.807, 2.05) is 13.8 Å². The molecule has 1 heteroatoms. The Labute approximate surface area is 78.5 Å². The van der Waals surface area contributed by atoms with Crippen LogP contribution in [0.1, 0.15) is 53.9 Å². The maximum absolute atomic E-state index is 5.04. The second-order valence-corrected chi connectivity index (χ2v) is 3.26. The first-order chi connectivity index (χ1) is 5.68. The smallest absolute Gasteiger partial charge is 0.0467 e. The Morgan fingerprint density at radius 2 is 1.50 bits per heavy atom. The molecule has 0 radical (unpaired) electrons. The molecule has 0 unspecified atom stereocenters. The van der Waals surface area contributed by atoms with E-state index in [2.05, 4.69) is 20.8 Å². The van der Waals surface area contributed by atoms with Crippen LogP contribution in [-0.2, 0) is 4.74 Å². The molecule has 0 heterocycles. The number of hydrogen-bond donors (Lipinski definition) is 0. The quantitative estimate of drug-likeness (QED) is 0.614. The molecule has 0 aromatic heterocycles. The fourth-order valence-electron chi connectivity index (χ4n) is 0.952. The van der Waals surface area contributed by atoms with E-state index < -0.39 is 0 Å². The van der Waals surface area contributed by atoms with Crippen molar-refractivity contribution < 1.29 is 4.74 Å². The highest BCUT2D eigenvalue weighted by molar-refractivity contribution is 4.69. The summed E-state index contributed by atoms with van der Waals surface area (Å²) in [6.07, 6.45) is 3.70. The first-order valence-corrected chi connectivity index (χ1v) is 5.17. The lowest BCUT2D eigenvalue weighted by Gasteiger charge is -2.25. The van der Waals surface area contributed by atoms with Crippen molar-refractivity contribution >= 4 is 0 Å². The molecule has 0 aliphatic carbocycles. The van der Waals surface area contributed by atoms with E-state index in [9.17, 15) is 0 Å². The molecule has 1 nitrogen and oxygen atoms in total. The normalized spacial score (nSPS) is 10.5. The Balaban J connectivity index is 0. The zero-order valence-corrected chi connectivity index (χ0v) is 9.74. The monoisotopic (exact) mass is 174 g/mol. The van der Waals surface area contributed by atoms with Crippen molar-refractivity contribution in [2.75, 3.05) is 13.7 Å². The zero-order chi connectivity index (χ0) is 10.0. The van der Waals surface area contributed by atoms with Gasteiger partial charge in [0.1, 0.15) is 0 Å². The average Bonchev–Trinajstić information content (AvgIpc) is 2.17. The highest BCUT2D eigenvalue weighted by Gasteiger charge is 2.18. The molecule has 0 fully saturated rings. The maximum atomic E-state index is 5.04. The average molecular weight is 174 g/mol.